The highest BCUT2D eigenvalue weighted by molar-refractivity contribution is 6.39. The summed E-state index contributed by atoms with van der Waals surface area (Å²) in [6, 6.07) is -1.12. The van der Waals surface area contributed by atoms with Crippen LogP contribution in [0.25, 0.3) is 0 Å². The molecule has 1 amide bonds. The van der Waals surface area contributed by atoms with Crippen LogP contribution < -0.4 is 5.64 Å². The molecule has 3 fully saturated rings. The summed E-state index contributed by atoms with van der Waals surface area (Å²) >= 11 is 0. The van der Waals surface area contributed by atoms with E-state index in [0.717, 1.165) is 31.3 Å². The predicted octanol–water partition coefficient (Wildman–Crippen LogP) is 13.0. The summed E-state index contributed by atoms with van der Waals surface area (Å²) in [4.78, 5) is 78.7. The van der Waals surface area contributed by atoms with Gasteiger partial charge < -0.3 is 33.7 Å². The number of rotatable bonds is 15. The fourth-order valence-electron chi connectivity index (χ4n) is 10.6. The van der Waals surface area contributed by atoms with E-state index in [1.807, 2.05) is 33.8 Å². The van der Waals surface area contributed by atoms with Crippen molar-refractivity contribution in [1.82, 2.24) is 10.5 Å². The fraction of sp³-hybridized carbons (Fsp3) is 0.407. The van der Waals surface area contributed by atoms with E-state index in [0.29, 0.717) is 37.7 Å². The van der Waals surface area contributed by atoms with E-state index in [-0.39, 0.29) is 99.5 Å². The standard InChI is InChI=1S/C43H67NO11.C43H4.H3NO11.31H2/c1-10-31-19-25(2)18-26(3)20-36(52-8)39-37(53-9)22-28(5)43(50,55-39)40(47)41(48)44-17-12-11-16-33(44)42(49)54-38(29(6)34(45)24-35(31)46)27(4)21-30-14-13-15-32(23-30)51-7;1-3-5-7-9-11-13-15-17-19-21-23-25-27-29-31-33-35-37-39-41-43-42-40-38-36-34-32-30-28-26-24-22-20-18-16-14-12-10-8-6-4-2;2-6-10-8-4-1-5-9-12-11-7-3;;;;;;;;;;;;;;;;;;;;;;;;;;;;;;;/h19,21,26,28-33,36-39,50H,10-18,20,22-24H2,1-9H3;1H,2H3;1-3H;31*1H/b25-19+,27-21+;;;;;;;;;;;;;;;;;;;;;;;;;;;;;;;;;/t26-,28+,29+,30-,31+,32-,33-,36-,37-,38+,39+,43+;;;;;;;;;;;;;;;;;;;;;;;;;;;;;;;;;/m0................................./s1. The number of amides is 1. The summed E-state index contributed by atoms with van der Waals surface area (Å²) in [5.74, 6) is 94.0. The maximum Gasteiger partial charge on any atom is 0.329 e. The lowest BCUT2D eigenvalue weighted by molar-refractivity contribution is -0.781. The van der Waals surface area contributed by atoms with Gasteiger partial charge in [0.25, 0.3) is 11.7 Å². The number of cyclic esters (lactones) is 1. The zero-order valence-corrected chi connectivity index (χ0v) is 61.8. The van der Waals surface area contributed by atoms with Crippen molar-refractivity contribution in [2.75, 3.05) is 27.9 Å². The maximum absolute atomic E-state index is 14.2. The highest BCUT2D eigenvalue weighted by atomic mass is 17.8. The molecule has 1 aliphatic carbocycles. The lowest BCUT2D eigenvalue weighted by atomic mass is 9.82. The van der Waals surface area contributed by atoms with Crippen molar-refractivity contribution in [2.45, 2.75) is 168 Å². The summed E-state index contributed by atoms with van der Waals surface area (Å²) in [5.41, 5.74) is 3.05. The fourth-order valence-corrected chi connectivity index (χ4v) is 10.6. The van der Waals surface area contributed by atoms with E-state index in [9.17, 15) is 29.1 Å². The lowest BCUT2D eigenvalue weighted by Crippen LogP contribution is -2.64. The number of carbonyl (C=O) groups is 5. The number of esters is 1. The summed E-state index contributed by atoms with van der Waals surface area (Å²) in [5, 5.41) is 49.4. The number of piperidine rings is 1. The highest BCUT2D eigenvalue weighted by Crippen LogP contribution is 2.39. The van der Waals surface area contributed by atoms with Gasteiger partial charge in [-0.05, 0) is 238 Å². The van der Waals surface area contributed by atoms with Crippen LogP contribution in [-0.2, 0) is 92.9 Å². The minimum Gasteiger partial charge on any atom is -0.456 e. The van der Waals surface area contributed by atoms with Crippen molar-refractivity contribution >= 4 is 29.2 Å². The van der Waals surface area contributed by atoms with Gasteiger partial charge in [0.15, 0.2) is 0 Å². The predicted molar refractivity (Wildman–Crippen MR) is 459 cm³/mol. The Hall–Kier alpha value is -12.5. The Morgan fingerprint density at radius 2 is 1.04 bits per heavy atom. The molecule has 0 aromatic heterocycles. The van der Waals surface area contributed by atoms with Crippen molar-refractivity contribution in [1.29, 1.82) is 0 Å². The molecule has 2 saturated heterocycles. The summed E-state index contributed by atoms with van der Waals surface area (Å²) in [7, 11) is 4.77. The number of allylic oxidation sites excluding steroid dienone is 3. The Morgan fingerprint density at radius 1 is 0.591 bits per heavy atom. The average Bonchev–Trinajstić information content (AvgIpc) is 0.847. The van der Waals surface area contributed by atoms with Gasteiger partial charge in [-0.15, -0.1) is 6.42 Å². The number of ether oxygens (including phenoxy) is 5. The molecule has 0 radical (unpaired) electrons. The van der Waals surface area contributed by atoms with E-state index >= 15 is 0 Å². The summed E-state index contributed by atoms with van der Waals surface area (Å²) in [6.07, 6.45) is 12.6. The van der Waals surface area contributed by atoms with Gasteiger partial charge in [0.2, 0.25) is 5.79 Å². The van der Waals surface area contributed by atoms with Crippen molar-refractivity contribution in [3.05, 3.63) is 23.3 Å². The van der Waals surface area contributed by atoms with Crippen molar-refractivity contribution in [3.8, 4) is 249 Å². The molecule has 4 N–H and O–H groups in total. The lowest BCUT2D eigenvalue weighted by Gasteiger charge is -2.47. The first-order valence-corrected chi connectivity index (χ1v) is 33.3. The second-order valence-electron chi connectivity index (χ2n) is 22.8. The quantitative estimate of drug-likeness (QED) is 0.0173. The van der Waals surface area contributed by atoms with Crippen LogP contribution in [0.3, 0.4) is 0 Å². The van der Waals surface area contributed by atoms with Crippen LogP contribution in [0.5, 0.6) is 0 Å². The van der Waals surface area contributed by atoms with Gasteiger partial charge in [0.05, 0.1) is 30.7 Å². The zero-order chi connectivity index (χ0) is 80.7. The molecule has 4 aliphatic rings. The van der Waals surface area contributed by atoms with Gasteiger partial charge in [0, 0.05) is 226 Å². The molecule has 3 heterocycles. The Labute approximate surface area is 689 Å². The summed E-state index contributed by atoms with van der Waals surface area (Å²) in [6.45, 7) is 12.9. The highest BCUT2D eigenvalue weighted by Gasteiger charge is 2.56. The number of carbonyl (C=O) groups excluding carboxylic acids is 5. The average molecular weight is 1550 g/mol. The zero-order valence-electron chi connectivity index (χ0n) is 61.8. The summed E-state index contributed by atoms with van der Waals surface area (Å²) < 4.78 is 29.8. The van der Waals surface area contributed by atoms with Crippen LogP contribution in [0.4, 0.5) is 0 Å². The van der Waals surface area contributed by atoms with E-state index in [2.05, 4.69) is 294 Å². The van der Waals surface area contributed by atoms with Crippen LogP contribution in [0.15, 0.2) is 23.3 Å². The number of aliphatic hydroxyl groups is 1. The Kier molecular flexibility index (Phi) is 50.7. The molecule has 0 aromatic carbocycles. The smallest absolute Gasteiger partial charge is 0.329 e. The number of hydrogen-bond acceptors (Lipinski definition) is 23. The van der Waals surface area contributed by atoms with Gasteiger partial charge in [-0.1, -0.05) is 67.7 Å². The Balaban J connectivity index is -0.0000000471. The molecule has 110 heavy (non-hydrogen) atoms. The molecular weight excluding hydrogens is 1410 g/mol. The molecule has 622 valence electrons. The monoisotopic (exact) mass is 1550 g/mol. The first-order valence-electron chi connectivity index (χ1n) is 33.3. The van der Waals surface area contributed by atoms with Crippen molar-refractivity contribution < 1.29 is 153 Å². The minimum absolute atomic E-state index is 0. The number of nitrogens with zero attached hydrogens (tertiary/aromatic N) is 1. The van der Waals surface area contributed by atoms with E-state index in [1.54, 1.807) is 27.9 Å². The van der Waals surface area contributed by atoms with Gasteiger partial charge in [-0.2, -0.15) is 0 Å². The molecule has 24 nitrogen and oxygen atoms in total. The van der Waals surface area contributed by atoms with Gasteiger partial charge in [-0.25, -0.2) is 15.3 Å². The number of ketones is 3. The van der Waals surface area contributed by atoms with Crippen LogP contribution in [0.1, 0.15) is 170 Å². The number of fused-ring (bicyclic) bond motifs is 3. The van der Waals surface area contributed by atoms with Crippen LogP contribution in [0.2, 0.25) is 0 Å². The number of terminal acetylenes is 1. The Bertz CT molecular complexity index is 4840. The molecular formula is C86H136N2O22. The number of methoxy groups -OCH3 is 3. The third-order valence-electron chi connectivity index (χ3n) is 15.5. The normalized spacial score (nSPS) is 22.4. The topological polar surface area (TPSA) is 291 Å². The number of hydrogen-bond donors (Lipinski definition) is 4. The van der Waals surface area contributed by atoms with Crippen LogP contribution >= 0.6 is 0 Å². The largest absolute Gasteiger partial charge is 0.456 e. The van der Waals surface area contributed by atoms with Gasteiger partial charge >= 0.3 is 5.97 Å². The van der Waals surface area contributed by atoms with Crippen molar-refractivity contribution in [2.24, 2.45) is 29.6 Å². The molecule has 4 rings (SSSR count). The first-order chi connectivity index (χ1) is 53.4. The van der Waals surface area contributed by atoms with E-state index in [4.69, 9.17) is 40.6 Å². The Morgan fingerprint density at radius 3 is 1.47 bits per heavy atom. The maximum atomic E-state index is 14.2. The molecule has 12 atom stereocenters. The minimum atomic E-state index is -2.49. The third kappa shape index (κ3) is 39.7. The molecule has 0 spiro atoms. The van der Waals surface area contributed by atoms with Crippen LogP contribution in [-0.4, -0.2) is 120 Å². The van der Waals surface area contributed by atoms with Crippen LogP contribution in [0, 0.1) is 279 Å². The SMILES string of the molecule is C#CC#CC#CC#CC#CC#CC#CC#CC#CC#CC#CC#CC#CC#CC#CC#CC#CC#CC#CC#CC#CC.CC[C@@H]1/C=C(\C)C[C@H](C)C[C@H](OC)[C@H]2O[C@@](O)(C(=O)C(=O)N3CCCC[C@H]3C(=O)O[C@H](/C(C)=C/[C@@H]3CCC[C@H](OC)C3)[C@H](C)C(=O)CC1=O)[C@H](C)C[C@@H]2OC.OOOOONOOOOOO.[HH].[HH].[HH].[HH].[HH].[HH].[HH].[HH].[HH].[HH].[HH].[HH].[HH].[HH].[HH].[HH].[HH].[HH].[HH].[HH].[HH].[HH].[HH].[HH].[HH].[HH].[HH].[HH].[HH].[HH].[HH]. The number of Topliss-reactive ketones (excluding diaryl/α,β-unsaturated/α-hetero) is 3. The van der Waals surface area contributed by atoms with E-state index in [1.165, 1.54) is 24.8 Å². The van der Waals surface area contributed by atoms with Crippen molar-refractivity contribution in [3.63, 3.8) is 0 Å². The second kappa shape index (κ2) is 59.6. The first kappa shape index (κ1) is 93.6. The molecule has 1 saturated carbocycles. The second-order valence-corrected chi connectivity index (χ2v) is 22.8. The molecule has 24 heteroatoms. The van der Waals surface area contributed by atoms with E-state index < -0.39 is 71.7 Å². The third-order valence-corrected chi connectivity index (χ3v) is 15.5. The molecule has 3 aliphatic heterocycles. The number of nitrogens with one attached hydrogen (secondary N) is 1. The van der Waals surface area contributed by atoms with Gasteiger partial charge in [-0.3, -0.25) is 19.2 Å². The molecule has 0 unspecified atom stereocenters. The molecule has 2 bridgehead atoms. The van der Waals surface area contributed by atoms with Gasteiger partial charge in [0.1, 0.15) is 29.8 Å². The molecule has 0 aromatic rings.